The van der Waals surface area contributed by atoms with Gasteiger partial charge in [-0.2, -0.15) is 0 Å². The van der Waals surface area contributed by atoms with Gasteiger partial charge in [0.05, 0.1) is 12.8 Å². The van der Waals surface area contributed by atoms with Gasteiger partial charge >= 0.3 is 12.1 Å². The quantitative estimate of drug-likeness (QED) is 0.886. The molecule has 114 valence electrons. The number of nitrogens with one attached hydrogen (secondary N) is 1. The van der Waals surface area contributed by atoms with Crippen LogP contribution in [0.4, 0.5) is 10.5 Å². The number of carboxylic acid groups (broad SMARTS) is 1. The third-order valence-corrected chi connectivity index (χ3v) is 2.90. The summed E-state index contributed by atoms with van der Waals surface area (Å²) < 4.78 is 10.1. The predicted octanol–water partition coefficient (Wildman–Crippen LogP) is 3.14. The van der Waals surface area contributed by atoms with Crippen molar-refractivity contribution < 1.29 is 24.2 Å². The fraction of sp³-hybridized carbons (Fsp3) is 0.125. The van der Waals surface area contributed by atoms with E-state index in [0.29, 0.717) is 0 Å². The molecule has 0 unspecified atom stereocenters. The van der Waals surface area contributed by atoms with E-state index in [0.717, 1.165) is 5.56 Å². The second-order valence-electron chi connectivity index (χ2n) is 4.38. The lowest BCUT2D eigenvalue weighted by Crippen LogP contribution is -2.15. The highest BCUT2D eigenvalue weighted by Crippen LogP contribution is 2.28. The van der Waals surface area contributed by atoms with Gasteiger partial charge in [0.25, 0.3) is 0 Å². The van der Waals surface area contributed by atoms with Gasteiger partial charge in [-0.25, -0.2) is 9.59 Å². The molecule has 0 saturated carbocycles. The van der Waals surface area contributed by atoms with Crippen LogP contribution in [-0.2, 0) is 11.3 Å². The topological polar surface area (TPSA) is 84.9 Å². The van der Waals surface area contributed by atoms with E-state index in [4.69, 9.17) is 14.6 Å². The summed E-state index contributed by atoms with van der Waals surface area (Å²) in [6.07, 6.45) is -0.690. The zero-order valence-corrected chi connectivity index (χ0v) is 11.9. The molecular weight excluding hydrogens is 286 g/mol. The van der Waals surface area contributed by atoms with Gasteiger partial charge < -0.3 is 14.6 Å². The fourth-order valence-electron chi connectivity index (χ4n) is 1.89. The molecule has 22 heavy (non-hydrogen) atoms. The van der Waals surface area contributed by atoms with E-state index in [1.54, 1.807) is 0 Å². The first-order valence-electron chi connectivity index (χ1n) is 6.50. The summed E-state index contributed by atoms with van der Waals surface area (Å²) in [5.74, 6) is -1.06. The number of ether oxygens (including phenoxy) is 2. The van der Waals surface area contributed by atoms with Crippen molar-refractivity contribution in [3.63, 3.8) is 0 Å². The highest BCUT2D eigenvalue weighted by Gasteiger charge is 2.16. The fourth-order valence-corrected chi connectivity index (χ4v) is 1.89. The van der Waals surface area contributed by atoms with Crippen molar-refractivity contribution in [1.82, 2.24) is 0 Å². The number of carboxylic acids is 1. The second kappa shape index (κ2) is 7.12. The SMILES string of the molecule is COc1c(NC(=O)OCc2ccccc2)cccc1C(=O)O. The molecule has 2 aromatic rings. The van der Waals surface area contributed by atoms with Crippen molar-refractivity contribution in [2.24, 2.45) is 0 Å². The number of anilines is 1. The summed E-state index contributed by atoms with van der Waals surface area (Å²) in [4.78, 5) is 22.9. The molecule has 0 aliphatic heterocycles. The van der Waals surface area contributed by atoms with Gasteiger partial charge in [0.1, 0.15) is 12.2 Å². The van der Waals surface area contributed by atoms with E-state index in [9.17, 15) is 9.59 Å². The number of benzene rings is 2. The van der Waals surface area contributed by atoms with E-state index in [1.165, 1.54) is 25.3 Å². The van der Waals surface area contributed by atoms with Crippen molar-refractivity contribution in [3.8, 4) is 5.75 Å². The van der Waals surface area contributed by atoms with Gasteiger partial charge in [-0.3, -0.25) is 5.32 Å². The average molecular weight is 301 g/mol. The van der Waals surface area contributed by atoms with Crippen LogP contribution in [0, 0.1) is 0 Å². The van der Waals surface area contributed by atoms with Gasteiger partial charge in [0.15, 0.2) is 5.75 Å². The van der Waals surface area contributed by atoms with Gasteiger partial charge in [0, 0.05) is 0 Å². The van der Waals surface area contributed by atoms with E-state index in [1.807, 2.05) is 30.3 Å². The van der Waals surface area contributed by atoms with Crippen molar-refractivity contribution in [3.05, 3.63) is 59.7 Å². The van der Waals surface area contributed by atoms with Crippen LogP contribution in [0.15, 0.2) is 48.5 Å². The molecule has 1 amide bonds. The Morgan fingerprint density at radius 3 is 2.45 bits per heavy atom. The van der Waals surface area contributed by atoms with Gasteiger partial charge in [0.2, 0.25) is 0 Å². The Hall–Kier alpha value is -3.02. The third-order valence-electron chi connectivity index (χ3n) is 2.90. The summed E-state index contributed by atoms with van der Waals surface area (Å²) >= 11 is 0. The molecule has 0 bridgehead atoms. The summed E-state index contributed by atoms with van der Waals surface area (Å²) in [5.41, 5.74) is 1.05. The van der Waals surface area contributed by atoms with E-state index in [2.05, 4.69) is 5.32 Å². The van der Waals surface area contributed by atoms with Gasteiger partial charge in [-0.05, 0) is 17.7 Å². The number of hydrogen-bond donors (Lipinski definition) is 2. The lowest BCUT2D eigenvalue weighted by molar-refractivity contribution is 0.0693. The molecule has 6 nitrogen and oxygen atoms in total. The van der Waals surface area contributed by atoms with Crippen LogP contribution in [0.2, 0.25) is 0 Å². The number of para-hydroxylation sites is 1. The highest BCUT2D eigenvalue weighted by atomic mass is 16.5. The van der Waals surface area contributed by atoms with Crippen LogP contribution in [0.5, 0.6) is 5.75 Å². The van der Waals surface area contributed by atoms with Crippen LogP contribution in [0.1, 0.15) is 15.9 Å². The van der Waals surface area contributed by atoms with Crippen molar-refractivity contribution >= 4 is 17.7 Å². The number of aromatic carboxylic acids is 1. The molecule has 0 radical (unpaired) electrons. The lowest BCUT2D eigenvalue weighted by atomic mass is 10.1. The zero-order chi connectivity index (χ0) is 15.9. The molecule has 0 aromatic heterocycles. The Morgan fingerprint density at radius 2 is 1.82 bits per heavy atom. The minimum atomic E-state index is -1.14. The van der Waals surface area contributed by atoms with E-state index in [-0.39, 0.29) is 23.6 Å². The highest BCUT2D eigenvalue weighted by molar-refractivity contribution is 5.96. The Balaban J connectivity index is 2.05. The van der Waals surface area contributed by atoms with Crippen molar-refractivity contribution in [2.45, 2.75) is 6.61 Å². The monoisotopic (exact) mass is 301 g/mol. The number of hydrogen-bond acceptors (Lipinski definition) is 4. The molecule has 0 aliphatic carbocycles. The molecule has 0 aliphatic rings. The standard InChI is InChI=1S/C16H15NO5/c1-21-14-12(15(18)19)8-5-9-13(14)17-16(20)22-10-11-6-3-2-4-7-11/h2-9H,10H2,1H3,(H,17,20)(H,18,19). The normalized spacial score (nSPS) is 9.86. The molecule has 0 atom stereocenters. The van der Waals surface area contributed by atoms with Crippen LogP contribution in [0.3, 0.4) is 0 Å². The molecule has 2 rings (SSSR count). The second-order valence-corrected chi connectivity index (χ2v) is 4.38. The molecular formula is C16H15NO5. The summed E-state index contributed by atoms with van der Waals surface area (Å²) in [7, 11) is 1.34. The maximum absolute atomic E-state index is 11.8. The Morgan fingerprint density at radius 1 is 1.09 bits per heavy atom. The average Bonchev–Trinajstić information content (AvgIpc) is 2.53. The van der Waals surface area contributed by atoms with Crippen LogP contribution in [-0.4, -0.2) is 24.3 Å². The summed E-state index contributed by atoms with van der Waals surface area (Å²) in [5, 5.41) is 11.6. The number of carbonyl (C=O) groups excluding carboxylic acids is 1. The third kappa shape index (κ3) is 3.76. The van der Waals surface area contributed by atoms with Crippen molar-refractivity contribution in [1.29, 1.82) is 0 Å². The van der Waals surface area contributed by atoms with E-state index >= 15 is 0 Å². The first-order chi connectivity index (χ1) is 10.6. The minimum absolute atomic E-state index is 0.0386. The summed E-state index contributed by atoms with van der Waals surface area (Å²) in [6, 6.07) is 13.7. The van der Waals surface area contributed by atoms with Crippen LogP contribution >= 0.6 is 0 Å². The Labute approximate surface area is 127 Å². The first kappa shape index (κ1) is 15.4. The van der Waals surface area contributed by atoms with Crippen LogP contribution < -0.4 is 10.1 Å². The molecule has 2 N–H and O–H groups in total. The number of methoxy groups -OCH3 is 1. The zero-order valence-electron chi connectivity index (χ0n) is 11.9. The molecule has 0 saturated heterocycles. The molecule has 0 fully saturated rings. The van der Waals surface area contributed by atoms with Crippen LogP contribution in [0.25, 0.3) is 0 Å². The van der Waals surface area contributed by atoms with Gasteiger partial charge in [-0.15, -0.1) is 0 Å². The number of amides is 1. The first-order valence-corrected chi connectivity index (χ1v) is 6.50. The molecule has 6 heteroatoms. The molecule has 0 heterocycles. The largest absolute Gasteiger partial charge is 0.494 e. The maximum atomic E-state index is 11.8. The van der Waals surface area contributed by atoms with Crippen molar-refractivity contribution in [2.75, 3.05) is 12.4 Å². The predicted molar refractivity (Wildman–Crippen MR) is 80.2 cm³/mol. The summed E-state index contributed by atoms with van der Waals surface area (Å²) in [6.45, 7) is 0.119. The number of rotatable bonds is 5. The maximum Gasteiger partial charge on any atom is 0.412 e. The minimum Gasteiger partial charge on any atom is -0.494 e. The number of carbonyl (C=O) groups is 2. The lowest BCUT2D eigenvalue weighted by Gasteiger charge is -2.12. The van der Waals surface area contributed by atoms with Gasteiger partial charge in [-0.1, -0.05) is 36.4 Å². The Bertz CT molecular complexity index is 669. The Kier molecular flexibility index (Phi) is 4.98. The van der Waals surface area contributed by atoms with E-state index < -0.39 is 12.1 Å². The molecule has 0 spiro atoms. The smallest absolute Gasteiger partial charge is 0.412 e. The molecule has 2 aromatic carbocycles.